The zero-order valence-electron chi connectivity index (χ0n) is 24.5. The number of amides is 1. The molecule has 0 aliphatic carbocycles. The second kappa shape index (κ2) is 13.4. The van der Waals surface area contributed by atoms with Crippen LogP contribution in [-0.4, -0.2) is 30.8 Å². The molecule has 0 aliphatic heterocycles. The number of aryl methyl sites for hydroxylation is 2. The Morgan fingerprint density at radius 2 is 1.63 bits per heavy atom. The maximum absolute atomic E-state index is 12.7. The Morgan fingerprint density at radius 1 is 0.907 bits per heavy atom. The van der Waals surface area contributed by atoms with Crippen molar-refractivity contribution in [3.8, 4) is 17.2 Å². The normalized spacial score (nSPS) is 11.1. The van der Waals surface area contributed by atoms with Crippen LogP contribution in [0.2, 0.25) is 5.02 Å². The van der Waals surface area contributed by atoms with Crippen LogP contribution in [0.4, 0.5) is 5.69 Å². The minimum Gasteiger partial charge on any atom is -0.488 e. The molecule has 0 atom stereocenters. The van der Waals surface area contributed by atoms with Crippen molar-refractivity contribution in [3.63, 3.8) is 0 Å². The van der Waals surface area contributed by atoms with Crippen molar-refractivity contribution in [3.05, 3.63) is 130 Å². The van der Waals surface area contributed by atoms with Crippen LogP contribution < -0.4 is 19.8 Å². The van der Waals surface area contributed by atoms with Crippen LogP contribution in [0.1, 0.15) is 38.8 Å². The zero-order chi connectivity index (χ0) is 30.3. The van der Waals surface area contributed by atoms with Crippen molar-refractivity contribution in [1.29, 1.82) is 0 Å². The van der Waals surface area contributed by atoms with E-state index in [1.807, 2.05) is 85.7 Å². The summed E-state index contributed by atoms with van der Waals surface area (Å²) in [6.45, 7) is 4.69. The predicted molar refractivity (Wildman–Crippen MR) is 170 cm³/mol. The number of ether oxygens (including phenoxy) is 2. The van der Waals surface area contributed by atoms with E-state index in [0.29, 0.717) is 34.5 Å². The van der Waals surface area contributed by atoms with E-state index in [1.165, 1.54) is 11.4 Å². The summed E-state index contributed by atoms with van der Waals surface area (Å²) in [6, 6.07) is 28.6. The Labute approximate surface area is 256 Å². The van der Waals surface area contributed by atoms with Gasteiger partial charge >= 0.3 is 5.91 Å². The number of rotatable bonds is 11. The van der Waals surface area contributed by atoms with E-state index in [2.05, 4.69) is 41.1 Å². The van der Waals surface area contributed by atoms with Crippen molar-refractivity contribution in [2.24, 2.45) is 5.10 Å². The van der Waals surface area contributed by atoms with Gasteiger partial charge in [0.2, 0.25) is 0 Å². The molecule has 0 saturated carbocycles. The predicted octanol–water partition coefficient (Wildman–Crippen LogP) is 7.33. The molecule has 0 aliphatic rings. The summed E-state index contributed by atoms with van der Waals surface area (Å²) in [4.78, 5) is 14.7. The fourth-order valence-electron chi connectivity index (χ4n) is 4.49. The van der Waals surface area contributed by atoms with Gasteiger partial charge in [0.15, 0.2) is 5.76 Å². The minimum absolute atomic E-state index is 0.131. The highest BCUT2D eigenvalue weighted by Gasteiger charge is 2.12. The topological polar surface area (TPSA) is 81.2 Å². The summed E-state index contributed by atoms with van der Waals surface area (Å²) >= 11 is 5.99. The summed E-state index contributed by atoms with van der Waals surface area (Å²) in [5.74, 6) is 1.51. The molecule has 0 saturated heterocycles. The summed E-state index contributed by atoms with van der Waals surface area (Å²) in [7, 11) is 3.91. The first-order valence-corrected chi connectivity index (χ1v) is 14.1. The molecule has 220 valence electrons. The first-order valence-electron chi connectivity index (χ1n) is 13.8. The SMILES string of the molecule is Cc1ccc(C)n1-c1ccc(OCc2ccc(C(=O)N/N=C/c3ccc(N(C)C)cc3OCc3ccc(Cl)cc3)o2)cc1. The number of carbonyl (C=O) groups is 1. The molecule has 8 nitrogen and oxygen atoms in total. The third kappa shape index (κ3) is 7.47. The van der Waals surface area contributed by atoms with Gasteiger partial charge in [-0.2, -0.15) is 5.10 Å². The van der Waals surface area contributed by atoms with Gasteiger partial charge in [-0.3, -0.25) is 4.79 Å². The largest absolute Gasteiger partial charge is 0.488 e. The number of furan rings is 1. The van der Waals surface area contributed by atoms with Gasteiger partial charge in [-0.25, -0.2) is 5.43 Å². The van der Waals surface area contributed by atoms with Crippen molar-refractivity contribution in [2.45, 2.75) is 27.1 Å². The first kappa shape index (κ1) is 29.5. The highest BCUT2D eigenvalue weighted by atomic mass is 35.5. The first-order chi connectivity index (χ1) is 20.8. The zero-order valence-corrected chi connectivity index (χ0v) is 25.3. The highest BCUT2D eigenvalue weighted by Crippen LogP contribution is 2.25. The monoisotopic (exact) mass is 596 g/mol. The Kier molecular flexibility index (Phi) is 9.17. The number of aromatic nitrogens is 1. The molecular formula is C34H33ClN4O4. The van der Waals surface area contributed by atoms with Crippen LogP contribution in [0.25, 0.3) is 5.69 Å². The summed E-state index contributed by atoms with van der Waals surface area (Å²) in [6.07, 6.45) is 1.54. The fourth-order valence-corrected chi connectivity index (χ4v) is 4.62. The molecule has 0 radical (unpaired) electrons. The molecule has 43 heavy (non-hydrogen) atoms. The van der Waals surface area contributed by atoms with Gasteiger partial charge in [0.1, 0.15) is 30.5 Å². The highest BCUT2D eigenvalue weighted by molar-refractivity contribution is 6.30. The smallest absolute Gasteiger partial charge is 0.307 e. The lowest BCUT2D eigenvalue weighted by atomic mass is 10.2. The number of carbonyl (C=O) groups excluding carboxylic acids is 1. The molecule has 9 heteroatoms. The van der Waals surface area contributed by atoms with Gasteiger partial charge in [0.25, 0.3) is 0 Å². The van der Waals surface area contributed by atoms with Crippen LogP contribution >= 0.6 is 11.6 Å². The van der Waals surface area contributed by atoms with E-state index in [-0.39, 0.29) is 12.4 Å². The molecule has 2 heterocycles. The van der Waals surface area contributed by atoms with Crippen LogP contribution in [0.5, 0.6) is 11.5 Å². The summed E-state index contributed by atoms with van der Waals surface area (Å²) in [5, 5.41) is 4.80. The van der Waals surface area contributed by atoms with Crippen molar-refractivity contribution < 1.29 is 18.7 Å². The second-order valence-electron chi connectivity index (χ2n) is 10.2. The lowest BCUT2D eigenvalue weighted by molar-refractivity contribution is 0.0923. The molecule has 1 amide bonds. The van der Waals surface area contributed by atoms with E-state index in [9.17, 15) is 4.79 Å². The lowest BCUT2D eigenvalue weighted by Gasteiger charge is -2.16. The van der Waals surface area contributed by atoms with E-state index in [0.717, 1.165) is 16.9 Å². The lowest BCUT2D eigenvalue weighted by Crippen LogP contribution is -2.17. The van der Waals surface area contributed by atoms with Gasteiger partial charge < -0.3 is 23.4 Å². The maximum atomic E-state index is 12.7. The molecule has 1 N–H and O–H groups in total. The van der Waals surface area contributed by atoms with Gasteiger partial charge in [-0.15, -0.1) is 0 Å². The van der Waals surface area contributed by atoms with E-state index < -0.39 is 5.91 Å². The van der Waals surface area contributed by atoms with Gasteiger partial charge in [0, 0.05) is 53.5 Å². The summed E-state index contributed by atoms with van der Waals surface area (Å²) in [5.41, 5.74) is 8.59. The van der Waals surface area contributed by atoms with Crippen molar-refractivity contribution >= 4 is 29.4 Å². The van der Waals surface area contributed by atoms with Crippen LogP contribution in [0, 0.1) is 13.8 Å². The van der Waals surface area contributed by atoms with Crippen LogP contribution in [0.15, 0.2) is 101 Å². The van der Waals surface area contributed by atoms with Crippen molar-refractivity contribution in [2.75, 3.05) is 19.0 Å². The third-order valence-corrected chi connectivity index (χ3v) is 7.08. The van der Waals surface area contributed by atoms with E-state index in [1.54, 1.807) is 18.3 Å². The molecule has 0 fully saturated rings. The third-order valence-electron chi connectivity index (χ3n) is 6.82. The van der Waals surface area contributed by atoms with Crippen LogP contribution in [0.3, 0.4) is 0 Å². The van der Waals surface area contributed by atoms with Gasteiger partial charge in [-0.05, 0) is 92.2 Å². The summed E-state index contributed by atoms with van der Waals surface area (Å²) < 4.78 is 19.8. The number of benzene rings is 3. The number of hydrazone groups is 1. The molecule has 0 unspecified atom stereocenters. The molecule has 2 aromatic heterocycles. The van der Waals surface area contributed by atoms with E-state index >= 15 is 0 Å². The molecule has 0 spiro atoms. The number of nitrogens with zero attached hydrogens (tertiary/aromatic N) is 3. The minimum atomic E-state index is -0.474. The van der Waals surface area contributed by atoms with E-state index in [4.69, 9.17) is 25.5 Å². The number of hydrogen-bond acceptors (Lipinski definition) is 6. The number of halogens is 1. The average Bonchev–Trinajstić information content (AvgIpc) is 3.62. The Bertz CT molecular complexity index is 1700. The Morgan fingerprint density at radius 3 is 2.33 bits per heavy atom. The van der Waals surface area contributed by atoms with Gasteiger partial charge in [-0.1, -0.05) is 23.7 Å². The maximum Gasteiger partial charge on any atom is 0.307 e. The fraction of sp³-hybridized carbons (Fsp3) is 0.176. The number of anilines is 1. The molecule has 0 bridgehead atoms. The van der Waals surface area contributed by atoms with Crippen molar-refractivity contribution in [1.82, 2.24) is 9.99 Å². The average molecular weight is 597 g/mol. The molecule has 3 aromatic carbocycles. The quantitative estimate of drug-likeness (QED) is 0.128. The Hall–Kier alpha value is -4.95. The standard InChI is InChI=1S/C34H33ClN4O4/c1-23-5-6-24(2)39(23)28-13-15-30(16-14-28)41-22-31-17-18-32(43-31)34(40)37-36-20-26-9-12-29(38(3)4)19-33(26)42-21-25-7-10-27(35)11-8-25/h5-20H,21-22H2,1-4H3,(H,37,40)/b36-20+. The van der Waals surface area contributed by atoms with Gasteiger partial charge in [0.05, 0.1) is 6.21 Å². The number of nitrogens with one attached hydrogen (secondary N) is 1. The Balaban J connectivity index is 1.17. The molecular weight excluding hydrogens is 564 g/mol. The second-order valence-corrected chi connectivity index (χ2v) is 10.7. The molecule has 5 aromatic rings. The molecule has 5 rings (SSSR count). The van der Waals surface area contributed by atoms with Crippen LogP contribution in [-0.2, 0) is 13.2 Å². The number of hydrogen-bond donors (Lipinski definition) is 1.